The van der Waals surface area contributed by atoms with E-state index < -0.39 is 0 Å². The number of rotatable bonds is 1. The lowest BCUT2D eigenvalue weighted by atomic mass is 9.92. The lowest BCUT2D eigenvalue weighted by Crippen LogP contribution is -2.04. The Bertz CT molecular complexity index is 982. The van der Waals surface area contributed by atoms with Crippen LogP contribution in [0, 0.1) is 0 Å². The van der Waals surface area contributed by atoms with Gasteiger partial charge in [0.25, 0.3) is 0 Å². The molecule has 1 aliphatic heterocycles. The number of benzene rings is 4. The largest absolute Gasteiger partial charge is 0.457 e. The molecule has 4 aromatic carbocycles. The van der Waals surface area contributed by atoms with Gasteiger partial charge in [0.15, 0.2) is 0 Å². The molecule has 1 aliphatic rings. The van der Waals surface area contributed by atoms with E-state index in [-0.39, 0.29) is 0 Å². The van der Waals surface area contributed by atoms with Crippen molar-refractivity contribution < 1.29 is 9.47 Å². The Kier molecular flexibility index (Phi) is 12.8. The van der Waals surface area contributed by atoms with E-state index in [1.165, 1.54) is 32.7 Å². The summed E-state index contributed by atoms with van der Waals surface area (Å²) >= 11 is 0. The average molecular weight is 433 g/mol. The summed E-state index contributed by atoms with van der Waals surface area (Å²) in [5.74, 6) is 1.97. The van der Waals surface area contributed by atoms with Crippen molar-refractivity contribution in [3.05, 3.63) is 83.9 Å². The van der Waals surface area contributed by atoms with Crippen LogP contribution in [-0.4, -0.2) is 13.7 Å². The van der Waals surface area contributed by atoms with Gasteiger partial charge in [-0.05, 0) is 40.6 Å². The quantitative estimate of drug-likeness (QED) is 0.262. The zero-order valence-electron chi connectivity index (χ0n) is 21.2. The van der Waals surface area contributed by atoms with E-state index in [1.807, 2.05) is 48.5 Å². The number of methoxy groups -OCH3 is 1. The lowest BCUT2D eigenvalue weighted by molar-refractivity contribution is 0.215. The molecule has 0 saturated heterocycles. The molecule has 2 heteroatoms. The summed E-state index contributed by atoms with van der Waals surface area (Å²) in [5.41, 5.74) is 2.59. The summed E-state index contributed by atoms with van der Waals surface area (Å²) in [6.45, 7) is 14.8. The molecule has 4 aromatic rings. The third-order valence-electron chi connectivity index (χ3n) is 4.86. The summed E-state index contributed by atoms with van der Waals surface area (Å²) in [7, 11) is 1.68. The monoisotopic (exact) mass is 432 g/mol. The van der Waals surface area contributed by atoms with Crippen molar-refractivity contribution in [1.82, 2.24) is 0 Å². The van der Waals surface area contributed by atoms with Gasteiger partial charge < -0.3 is 9.47 Å². The van der Waals surface area contributed by atoms with Crippen LogP contribution in [0.5, 0.6) is 11.5 Å². The maximum Gasteiger partial charge on any atom is 0.131 e. The molecule has 0 spiro atoms. The molecule has 2 nitrogen and oxygen atoms in total. The Labute approximate surface area is 195 Å². The molecule has 0 aromatic heterocycles. The summed E-state index contributed by atoms with van der Waals surface area (Å²) in [6.07, 6.45) is 0.924. The van der Waals surface area contributed by atoms with Gasteiger partial charge >= 0.3 is 0 Å². The first-order chi connectivity index (χ1) is 15.8. The van der Waals surface area contributed by atoms with Gasteiger partial charge in [0.05, 0.1) is 0 Å². The Morgan fingerprint density at radius 2 is 1.00 bits per heavy atom. The second-order valence-corrected chi connectivity index (χ2v) is 6.38. The molecule has 32 heavy (non-hydrogen) atoms. The zero-order chi connectivity index (χ0) is 23.9. The second kappa shape index (κ2) is 15.0. The van der Waals surface area contributed by atoms with Crippen LogP contribution in [0.3, 0.4) is 0 Å². The van der Waals surface area contributed by atoms with Gasteiger partial charge in [0.1, 0.15) is 11.5 Å². The molecular weight excluding hydrogens is 392 g/mol. The van der Waals surface area contributed by atoms with Crippen LogP contribution < -0.4 is 4.74 Å². The second-order valence-electron chi connectivity index (χ2n) is 6.38. The molecule has 0 atom stereocenters. The molecule has 0 radical (unpaired) electrons. The Morgan fingerprint density at radius 3 is 1.38 bits per heavy atom. The normalized spacial score (nSPS) is 10.2. The van der Waals surface area contributed by atoms with E-state index in [0.29, 0.717) is 0 Å². The van der Waals surface area contributed by atoms with Gasteiger partial charge in [0, 0.05) is 31.3 Å². The molecule has 0 bridgehead atoms. The highest BCUT2D eigenvalue weighted by molar-refractivity contribution is 5.92. The van der Waals surface area contributed by atoms with Gasteiger partial charge in [-0.15, -0.1) is 0 Å². The molecule has 172 valence electrons. The first kappa shape index (κ1) is 27.2. The third-order valence-corrected chi connectivity index (χ3v) is 4.86. The van der Waals surface area contributed by atoms with Crippen molar-refractivity contribution >= 4 is 21.5 Å². The smallest absolute Gasteiger partial charge is 0.131 e. The Balaban J connectivity index is 0.000000449. The Morgan fingerprint density at radius 1 is 0.625 bits per heavy atom. The van der Waals surface area contributed by atoms with Crippen molar-refractivity contribution in [2.24, 2.45) is 0 Å². The third kappa shape index (κ3) is 6.34. The van der Waals surface area contributed by atoms with Crippen LogP contribution in [0.15, 0.2) is 72.8 Å². The lowest BCUT2D eigenvalue weighted by Gasteiger charge is -2.23. The van der Waals surface area contributed by atoms with Gasteiger partial charge in [-0.25, -0.2) is 0 Å². The van der Waals surface area contributed by atoms with Crippen LogP contribution in [0.4, 0.5) is 0 Å². The van der Waals surface area contributed by atoms with E-state index in [4.69, 9.17) is 4.74 Å². The van der Waals surface area contributed by atoms with Crippen molar-refractivity contribution in [3.63, 3.8) is 0 Å². The topological polar surface area (TPSA) is 18.5 Å². The van der Waals surface area contributed by atoms with Crippen LogP contribution in [0.25, 0.3) is 21.5 Å². The van der Waals surface area contributed by atoms with Crippen LogP contribution in [-0.2, 0) is 11.2 Å². The SMILES string of the molecule is CC.CC.CC.CCOC.c1ccc2c3c(ccc2c1)Oc1ccc2ccccc2c1C3. The number of hydrogen-bond donors (Lipinski definition) is 0. The Hall–Kier alpha value is -2.84. The highest BCUT2D eigenvalue weighted by Crippen LogP contribution is 2.42. The van der Waals surface area contributed by atoms with Crippen LogP contribution in [0.2, 0.25) is 0 Å². The van der Waals surface area contributed by atoms with E-state index >= 15 is 0 Å². The van der Waals surface area contributed by atoms with Crippen LogP contribution in [0.1, 0.15) is 59.6 Å². The predicted molar refractivity (Wildman–Crippen MR) is 142 cm³/mol. The van der Waals surface area contributed by atoms with Crippen molar-refractivity contribution in [3.8, 4) is 11.5 Å². The van der Waals surface area contributed by atoms with Gasteiger partial charge in [0.2, 0.25) is 0 Å². The minimum Gasteiger partial charge on any atom is -0.457 e. The predicted octanol–water partition coefficient (Wildman–Crippen LogP) is 9.42. The van der Waals surface area contributed by atoms with E-state index in [9.17, 15) is 0 Å². The molecule has 1 heterocycles. The summed E-state index contributed by atoms with van der Waals surface area (Å²) < 4.78 is 10.7. The fourth-order valence-electron chi connectivity index (χ4n) is 3.48. The van der Waals surface area contributed by atoms with E-state index in [1.54, 1.807) is 7.11 Å². The van der Waals surface area contributed by atoms with Crippen molar-refractivity contribution in [2.75, 3.05) is 13.7 Å². The summed E-state index contributed by atoms with van der Waals surface area (Å²) in [4.78, 5) is 0. The number of fused-ring (bicyclic) bond motifs is 6. The van der Waals surface area contributed by atoms with Crippen LogP contribution >= 0.6 is 0 Å². The van der Waals surface area contributed by atoms with Crippen molar-refractivity contribution in [1.29, 1.82) is 0 Å². The maximum atomic E-state index is 6.19. The molecule has 0 aliphatic carbocycles. The first-order valence-corrected chi connectivity index (χ1v) is 12.0. The maximum absolute atomic E-state index is 6.19. The number of hydrogen-bond acceptors (Lipinski definition) is 2. The zero-order valence-corrected chi connectivity index (χ0v) is 21.2. The van der Waals surface area contributed by atoms with Gasteiger partial charge in [-0.2, -0.15) is 0 Å². The minimum atomic E-state index is 0.819. The fraction of sp³-hybridized carbons (Fsp3) is 0.333. The molecule has 0 unspecified atom stereocenters. The molecular formula is C30H40O2. The van der Waals surface area contributed by atoms with Crippen molar-refractivity contribution in [2.45, 2.75) is 54.9 Å². The van der Waals surface area contributed by atoms with Gasteiger partial charge in [-0.1, -0.05) is 102 Å². The number of ether oxygens (including phenoxy) is 2. The highest BCUT2D eigenvalue weighted by atomic mass is 16.5. The minimum absolute atomic E-state index is 0.819. The average Bonchev–Trinajstić information content (AvgIpc) is 2.91. The molecule has 5 rings (SSSR count). The highest BCUT2D eigenvalue weighted by Gasteiger charge is 2.20. The molecule has 0 saturated carbocycles. The summed E-state index contributed by atoms with van der Waals surface area (Å²) in [5, 5.41) is 5.12. The molecule has 0 N–H and O–H groups in total. The first-order valence-electron chi connectivity index (χ1n) is 12.0. The van der Waals surface area contributed by atoms with Gasteiger partial charge in [-0.3, -0.25) is 0 Å². The molecule has 0 fully saturated rings. The fourth-order valence-corrected chi connectivity index (χ4v) is 3.48. The van der Waals surface area contributed by atoms with E-state index in [2.05, 4.69) is 77.5 Å². The standard InChI is InChI=1S/C21H14O.C3H8O.3C2H6/c1-3-7-16-14(5-1)9-11-20-18(16)13-19-17-8-4-2-6-15(17)10-12-21(19)22-20;1-3-4-2;3*1-2/h1-12H,13H2;3H2,1-2H3;3*1-2H3. The van der Waals surface area contributed by atoms with E-state index in [0.717, 1.165) is 24.5 Å². The summed E-state index contributed by atoms with van der Waals surface area (Å²) in [6, 6.07) is 25.5. The molecule has 0 amide bonds.